The average molecular weight is 453 g/mol. The Hall–Kier alpha value is -2.01. The maximum Gasteiger partial charge on any atom is 0.573 e. The largest absolute Gasteiger partial charge is 0.748 e. The number of esters is 1. The minimum absolute atomic E-state index is 0.114. The van der Waals surface area contributed by atoms with Crippen LogP contribution in [-0.4, -0.2) is 43.3 Å². The van der Waals surface area contributed by atoms with E-state index in [4.69, 9.17) is 9.47 Å². The van der Waals surface area contributed by atoms with E-state index in [0.717, 1.165) is 50.3 Å². The molecule has 0 spiro atoms. The third kappa shape index (κ3) is 7.67. The Labute approximate surface area is 173 Å². The van der Waals surface area contributed by atoms with Crippen LogP contribution in [0.15, 0.2) is 18.2 Å². The maximum absolute atomic E-state index is 12.8. The van der Waals surface area contributed by atoms with Gasteiger partial charge in [-0.25, -0.2) is 13.2 Å². The first-order chi connectivity index (χ1) is 13.8. The molecule has 1 aromatic rings. The fourth-order valence-electron chi connectivity index (χ4n) is 3.41. The fourth-order valence-corrected chi connectivity index (χ4v) is 3.70. The number of rotatable bonds is 8. The number of hydrogen-bond donors (Lipinski definition) is 0. The van der Waals surface area contributed by atoms with E-state index in [1.54, 1.807) is 13.8 Å². The van der Waals surface area contributed by atoms with Crippen LogP contribution in [0, 0.1) is 5.92 Å². The van der Waals surface area contributed by atoms with Crippen molar-refractivity contribution in [2.45, 2.75) is 57.9 Å². The third-order valence-corrected chi connectivity index (χ3v) is 5.60. The summed E-state index contributed by atoms with van der Waals surface area (Å²) in [7, 11) is -4.57. The molecule has 0 bridgehead atoms. The van der Waals surface area contributed by atoms with E-state index in [2.05, 4.69) is 4.74 Å². The molecule has 1 aliphatic rings. The first-order valence-corrected chi connectivity index (χ1v) is 11.0. The van der Waals surface area contributed by atoms with Crippen molar-refractivity contribution in [1.82, 2.24) is 0 Å². The highest BCUT2D eigenvalue weighted by Gasteiger charge is 2.36. The SMILES string of the molecule is CC(C)(Oc1cc(C(=O)OCCS(=O)(=O)[O-])ccc1OC(F)(F)F)C1CCCCC1. The summed E-state index contributed by atoms with van der Waals surface area (Å²) < 4.78 is 84.8. The van der Waals surface area contributed by atoms with Crippen molar-refractivity contribution in [3.8, 4) is 11.5 Å². The first kappa shape index (κ1) is 24.3. The van der Waals surface area contributed by atoms with Crippen molar-refractivity contribution < 1.29 is 45.1 Å². The van der Waals surface area contributed by atoms with E-state index in [1.807, 2.05) is 0 Å². The number of hydrogen-bond acceptors (Lipinski definition) is 7. The van der Waals surface area contributed by atoms with Crippen molar-refractivity contribution >= 4 is 16.1 Å². The summed E-state index contributed by atoms with van der Waals surface area (Å²) in [6.45, 7) is 2.87. The zero-order chi connectivity index (χ0) is 22.6. The summed E-state index contributed by atoms with van der Waals surface area (Å²) >= 11 is 0. The van der Waals surface area contributed by atoms with Gasteiger partial charge >= 0.3 is 12.3 Å². The normalized spacial score (nSPS) is 16.2. The van der Waals surface area contributed by atoms with Gasteiger partial charge in [0.2, 0.25) is 0 Å². The van der Waals surface area contributed by atoms with Gasteiger partial charge in [0.15, 0.2) is 11.5 Å². The number of carbonyl (C=O) groups excluding carboxylic acids is 1. The summed E-state index contributed by atoms with van der Waals surface area (Å²) in [5.74, 6) is -2.69. The first-order valence-electron chi connectivity index (χ1n) is 9.46. The van der Waals surface area contributed by atoms with Crippen molar-refractivity contribution in [1.29, 1.82) is 0 Å². The van der Waals surface area contributed by atoms with Crippen LogP contribution in [0.3, 0.4) is 0 Å². The van der Waals surface area contributed by atoms with Crippen LogP contribution < -0.4 is 9.47 Å². The second-order valence-corrected chi connectivity index (χ2v) is 9.17. The van der Waals surface area contributed by atoms with Gasteiger partial charge in [-0.05, 0) is 50.8 Å². The second-order valence-electron chi connectivity index (χ2n) is 7.65. The molecule has 0 aliphatic heterocycles. The summed E-state index contributed by atoms with van der Waals surface area (Å²) in [6.07, 6.45) is -0.133. The van der Waals surface area contributed by atoms with Crippen LogP contribution in [0.2, 0.25) is 0 Å². The van der Waals surface area contributed by atoms with E-state index in [-0.39, 0.29) is 17.2 Å². The summed E-state index contributed by atoms with van der Waals surface area (Å²) in [4.78, 5) is 12.1. The highest BCUT2D eigenvalue weighted by Crippen LogP contribution is 2.40. The van der Waals surface area contributed by atoms with Gasteiger partial charge in [-0.15, -0.1) is 13.2 Å². The molecule has 0 unspecified atom stereocenters. The molecule has 170 valence electrons. The standard InChI is InChI=1S/C19H25F3O7S/c1-18(2,14-6-4-3-5-7-14)28-16-12-13(8-9-15(16)29-19(20,21)22)17(23)27-10-11-30(24,25)26/h8-9,12,14H,3-7,10-11H2,1-2H3,(H,24,25,26)/p-1. The van der Waals surface area contributed by atoms with Crippen LogP contribution in [0.25, 0.3) is 0 Å². The molecule has 0 amide bonds. The molecule has 0 saturated heterocycles. The molecule has 0 aromatic heterocycles. The highest BCUT2D eigenvalue weighted by atomic mass is 32.2. The Balaban J connectivity index is 2.25. The topological polar surface area (TPSA) is 102 Å². The minimum atomic E-state index is -4.96. The Bertz CT molecular complexity index is 844. The molecule has 0 radical (unpaired) electrons. The zero-order valence-corrected chi connectivity index (χ0v) is 17.5. The van der Waals surface area contributed by atoms with Gasteiger partial charge in [-0.1, -0.05) is 19.3 Å². The number of benzene rings is 1. The van der Waals surface area contributed by atoms with Crippen LogP contribution in [0.1, 0.15) is 56.3 Å². The van der Waals surface area contributed by atoms with Crippen LogP contribution in [-0.2, 0) is 14.9 Å². The van der Waals surface area contributed by atoms with Crippen molar-refractivity contribution in [3.05, 3.63) is 23.8 Å². The molecule has 0 heterocycles. The average Bonchev–Trinajstić information content (AvgIpc) is 2.61. The molecular weight excluding hydrogens is 429 g/mol. The van der Waals surface area contributed by atoms with Gasteiger partial charge < -0.3 is 18.8 Å². The molecule has 2 rings (SSSR count). The lowest BCUT2D eigenvalue weighted by atomic mass is 9.79. The highest BCUT2D eigenvalue weighted by molar-refractivity contribution is 7.85. The Morgan fingerprint density at radius 3 is 2.30 bits per heavy atom. The van der Waals surface area contributed by atoms with Crippen LogP contribution >= 0.6 is 0 Å². The second kappa shape index (κ2) is 9.42. The molecule has 1 aromatic carbocycles. The van der Waals surface area contributed by atoms with Gasteiger partial charge in [0.1, 0.15) is 12.2 Å². The van der Waals surface area contributed by atoms with Crippen LogP contribution in [0.4, 0.5) is 13.2 Å². The molecule has 30 heavy (non-hydrogen) atoms. The lowest BCUT2D eigenvalue weighted by Crippen LogP contribution is -2.39. The number of carbonyl (C=O) groups is 1. The summed E-state index contributed by atoms with van der Waals surface area (Å²) in [6, 6.07) is 3.02. The monoisotopic (exact) mass is 453 g/mol. The van der Waals surface area contributed by atoms with Crippen LogP contribution in [0.5, 0.6) is 11.5 Å². The van der Waals surface area contributed by atoms with E-state index in [1.165, 1.54) is 0 Å². The Morgan fingerprint density at radius 2 is 1.73 bits per heavy atom. The lowest BCUT2D eigenvalue weighted by molar-refractivity contribution is -0.275. The van der Waals surface area contributed by atoms with Crippen molar-refractivity contribution in [2.75, 3.05) is 12.4 Å². The number of halogens is 3. The smallest absolute Gasteiger partial charge is 0.573 e. The third-order valence-electron chi connectivity index (χ3n) is 4.93. The van der Waals surface area contributed by atoms with Crippen molar-refractivity contribution in [2.24, 2.45) is 5.92 Å². The summed E-state index contributed by atoms with van der Waals surface area (Å²) in [5, 5.41) is 0. The molecule has 0 N–H and O–H groups in total. The maximum atomic E-state index is 12.8. The van der Waals surface area contributed by atoms with Gasteiger partial charge in [0, 0.05) is 0 Å². The molecule has 1 fully saturated rings. The molecule has 0 atom stereocenters. The van der Waals surface area contributed by atoms with Crippen molar-refractivity contribution in [3.63, 3.8) is 0 Å². The number of ether oxygens (including phenoxy) is 3. The van der Waals surface area contributed by atoms with E-state index >= 15 is 0 Å². The molecule has 1 saturated carbocycles. The predicted molar refractivity (Wildman–Crippen MR) is 99.3 cm³/mol. The number of alkyl halides is 3. The molecule has 1 aliphatic carbocycles. The lowest BCUT2D eigenvalue weighted by Gasteiger charge is -2.37. The van der Waals surface area contributed by atoms with Gasteiger partial charge in [0.05, 0.1) is 21.4 Å². The summed E-state index contributed by atoms with van der Waals surface area (Å²) in [5.41, 5.74) is -0.981. The molecule has 11 heteroatoms. The Kier molecular flexibility index (Phi) is 7.62. The zero-order valence-electron chi connectivity index (χ0n) is 16.7. The fraction of sp³-hybridized carbons (Fsp3) is 0.632. The predicted octanol–water partition coefficient (Wildman–Crippen LogP) is 4.02. The quantitative estimate of drug-likeness (QED) is 0.433. The molecule has 7 nitrogen and oxygen atoms in total. The van der Waals surface area contributed by atoms with Gasteiger partial charge in [-0.3, -0.25) is 0 Å². The minimum Gasteiger partial charge on any atom is -0.748 e. The van der Waals surface area contributed by atoms with E-state index in [0.29, 0.717) is 0 Å². The Morgan fingerprint density at radius 1 is 1.10 bits per heavy atom. The van der Waals surface area contributed by atoms with E-state index < -0.39 is 46.2 Å². The van der Waals surface area contributed by atoms with Gasteiger partial charge in [-0.2, -0.15) is 0 Å². The van der Waals surface area contributed by atoms with E-state index in [9.17, 15) is 30.9 Å². The molecular formula is C19H24F3O7S-. The van der Waals surface area contributed by atoms with Gasteiger partial charge in [0.25, 0.3) is 0 Å².